The zero-order valence-corrected chi connectivity index (χ0v) is 12.6. The molecule has 0 aliphatic carbocycles. The highest BCUT2D eigenvalue weighted by atomic mass is 35.5. The summed E-state index contributed by atoms with van der Waals surface area (Å²) in [5.74, 6) is -0.407. The molecule has 0 saturated carbocycles. The van der Waals surface area contributed by atoms with Gasteiger partial charge in [0, 0.05) is 17.1 Å². The molecule has 4 nitrogen and oxygen atoms in total. The maximum atomic E-state index is 11.9. The first-order valence-electron chi connectivity index (χ1n) is 6.89. The number of benzene rings is 1. The van der Waals surface area contributed by atoms with Crippen LogP contribution in [0.1, 0.15) is 38.4 Å². The van der Waals surface area contributed by atoms with Crippen molar-refractivity contribution < 1.29 is 15.0 Å². The number of hydrogen-bond acceptors (Lipinski definition) is 3. The number of carbonyl (C=O) groups excluding carboxylic acids is 1. The highest BCUT2D eigenvalue weighted by molar-refractivity contribution is 6.31. The summed E-state index contributed by atoms with van der Waals surface area (Å²) in [6.07, 6.45) is -0.230. The monoisotopic (exact) mass is 299 g/mol. The smallest absolute Gasteiger partial charge is 0.253 e. The molecule has 112 valence electrons. The van der Waals surface area contributed by atoms with Gasteiger partial charge in [-0.25, -0.2) is 0 Å². The van der Waals surface area contributed by atoms with Gasteiger partial charge in [0.2, 0.25) is 0 Å². The van der Waals surface area contributed by atoms with Gasteiger partial charge in [0.1, 0.15) is 0 Å². The van der Waals surface area contributed by atoms with E-state index in [9.17, 15) is 15.0 Å². The van der Waals surface area contributed by atoms with E-state index >= 15 is 0 Å². The summed E-state index contributed by atoms with van der Waals surface area (Å²) in [4.78, 5) is 11.9. The van der Waals surface area contributed by atoms with Crippen molar-refractivity contribution in [2.75, 3.05) is 6.54 Å². The summed E-state index contributed by atoms with van der Waals surface area (Å²) < 4.78 is 0. The fourth-order valence-electron chi connectivity index (χ4n) is 2.14. The lowest BCUT2D eigenvalue weighted by Crippen LogP contribution is -2.38. The second-order valence-corrected chi connectivity index (χ2v) is 5.22. The molecule has 0 spiro atoms. The molecule has 0 aromatic heterocycles. The van der Waals surface area contributed by atoms with Gasteiger partial charge >= 0.3 is 0 Å². The van der Waals surface area contributed by atoms with Crippen LogP contribution in [0.15, 0.2) is 24.3 Å². The molecule has 0 bridgehead atoms. The molecule has 0 radical (unpaired) electrons. The second kappa shape index (κ2) is 8.25. The first kappa shape index (κ1) is 17.0. The van der Waals surface area contributed by atoms with Crippen LogP contribution in [0.5, 0.6) is 0 Å². The molecule has 2 atom stereocenters. The Morgan fingerprint density at radius 3 is 2.40 bits per heavy atom. The lowest BCUT2D eigenvalue weighted by Gasteiger charge is -2.21. The van der Waals surface area contributed by atoms with E-state index in [1.54, 1.807) is 24.3 Å². The van der Waals surface area contributed by atoms with Crippen LogP contribution in [0.2, 0.25) is 5.02 Å². The minimum absolute atomic E-state index is 0.132. The van der Waals surface area contributed by atoms with Gasteiger partial charge < -0.3 is 15.5 Å². The van der Waals surface area contributed by atoms with Gasteiger partial charge in [-0.2, -0.15) is 0 Å². The Kier molecular flexibility index (Phi) is 6.99. The fourth-order valence-corrected chi connectivity index (χ4v) is 2.38. The van der Waals surface area contributed by atoms with E-state index in [1.807, 2.05) is 13.8 Å². The van der Waals surface area contributed by atoms with Crippen molar-refractivity contribution in [2.45, 2.75) is 38.9 Å². The average molecular weight is 300 g/mol. The minimum Gasteiger partial charge on any atom is -0.391 e. The summed E-state index contributed by atoms with van der Waals surface area (Å²) in [7, 11) is 0. The van der Waals surface area contributed by atoms with Crippen LogP contribution < -0.4 is 5.32 Å². The number of amides is 1. The van der Waals surface area contributed by atoms with E-state index < -0.39 is 18.1 Å². The molecule has 0 aliphatic heterocycles. The van der Waals surface area contributed by atoms with E-state index in [0.29, 0.717) is 10.6 Å². The summed E-state index contributed by atoms with van der Waals surface area (Å²) in [6, 6.07) is 6.65. The number of aliphatic hydroxyl groups is 2. The topological polar surface area (TPSA) is 69.6 Å². The van der Waals surface area contributed by atoms with Crippen molar-refractivity contribution in [1.82, 2.24) is 5.32 Å². The molecule has 0 heterocycles. The van der Waals surface area contributed by atoms with Crippen LogP contribution in [-0.4, -0.2) is 28.8 Å². The minimum atomic E-state index is -1.32. The zero-order valence-electron chi connectivity index (χ0n) is 11.8. The molecule has 5 heteroatoms. The number of hydrogen-bond donors (Lipinski definition) is 3. The van der Waals surface area contributed by atoms with Crippen molar-refractivity contribution >= 4 is 17.5 Å². The zero-order chi connectivity index (χ0) is 15.1. The lowest BCUT2D eigenvalue weighted by molar-refractivity contribution is -0.130. The average Bonchev–Trinajstić information content (AvgIpc) is 2.45. The second-order valence-electron chi connectivity index (χ2n) is 4.81. The third-order valence-electron chi connectivity index (χ3n) is 3.53. The molecule has 1 amide bonds. The molecule has 3 N–H and O–H groups in total. The number of nitrogens with one attached hydrogen (secondary N) is 1. The molecule has 1 rings (SSSR count). The van der Waals surface area contributed by atoms with Crippen LogP contribution in [0.3, 0.4) is 0 Å². The Bertz CT molecular complexity index is 435. The summed E-state index contributed by atoms with van der Waals surface area (Å²) in [5, 5.41) is 22.8. The molecular formula is C15H22ClNO3. The van der Waals surface area contributed by atoms with Gasteiger partial charge in [-0.3, -0.25) is 4.79 Å². The predicted molar refractivity (Wildman–Crippen MR) is 79.5 cm³/mol. The van der Waals surface area contributed by atoms with Crippen molar-refractivity contribution in [3.05, 3.63) is 34.9 Å². The Morgan fingerprint density at radius 2 is 1.85 bits per heavy atom. The highest BCUT2D eigenvalue weighted by Crippen LogP contribution is 2.22. The van der Waals surface area contributed by atoms with Crippen LogP contribution in [0.4, 0.5) is 0 Å². The van der Waals surface area contributed by atoms with Crippen molar-refractivity contribution in [3.63, 3.8) is 0 Å². The van der Waals surface area contributed by atoms with E-state index in [4.69, 9.17) is 11.6 Å². The van der Waals surface area contributed by atoms with Crippen LogP contribution in [0.25, 0.3) is 0 Å². The van der Waals surface area contributed by atoms with Gasteiger partial charge in [0.25, 0.3) is 5.91 Å². The highest BCUT2D eigenvalue weighted by Gasteiger charge is 2.22. The molecule has 1 aromatic rings. The first-order valence-corrected chi connectivity index (χ1v) is 7.27. The van der Waals surface area contributed by atoms with Crippen LogP contribution >= 0.6 is 11.6 Å². The quantitative estimate of drug-likeness (QED) is 0.723. The van der Waals surface area contributed by atoms with Crippen LogP contribution in [-0.2, 0) is 4.79 Å². The number of aliphatic hydroxyl groups excluding tert-OH is 2. The van der Waals surface area contributed by atoms with Gasteiger partial charge in [-0.15, -0.1) is 0 Å². The summed E-state index contributed by atoms with van der Waals surface area (Å²) >= 11 is 5.93. The van der Waals surface area contributed by atoms with Crippen molar-refractivity contribution in [2.24, 2.45) is 5.92 Å². The number of rotatable bonds is 7. The maximum absolute atomic E-state index is 11.9. The third-order valence-corrected chi connectivity index (χ3v) is 3.87. The van der Waals surface area contributed by atoms with Gasteiger partial charge in [-0.05, 0) is 12.0 Å². The molecule has 0 aliphatic rings. The summed E-state index contributed by atoms with van der Waals surface area (Å²) in [6.45, 7) is 4.13. The molecule has 20 heavy (non-hydrogen) atoms. The predicted octanol–water partition coefficient (Wildman–Crippen LogP) is 2.29. The number of halogens is 1. The van der Waals surface area contributed by atoms with Gasteiger partial charge in [-0.1, -0.05) is 56.5 Å². The fraction of sp³-hybridized carbons (Fsp3) is 0.533. The van der Waals surface area contributed by atoms with Gasteiger partial charge in [0.05, 0.1) is 6.10 Å². The maximum Gasteiger partial charge on any atom is 0.253 e. The van der Waals surface area contributed by atoms with Crippen LogP contribution in [0, 0.1) is 5.92 Å². The normalized spacial score (nSPS) is 14.1. The largest absolute Gasteiger partial charge is 0.391 e. The SMILES string of the molecule is CCC(CC)C(O)CNC(=O)[C@H](O)c1ccccc1Cl. The van der Waals surface area contributed by atoms with Gasteiger partial charge in [0.15, 0.2) is 6.10 Å². The van der Waals surface area contributed by atoms with Crippen molar-refractivity contribution in [1.29, 1.82) is 0 Å². The Morgan fingerprint density at radius 1 is 1.25 bits per heavy atom. The van der Waals surface area contributed by atoms with Crippen molar-refractivity contribution in [3.8, 4) is 0 Å². The van der Waals surface area contributed by atoms with E-state index in [0.717, 1.165) is 12.8 Å². The molecule has 0 fully saturated rings. The molecule has 0 saturated heterocycles. The standard InChI is InChI=1S/C15H22ClNO3/c1-3-10(4-2)13(18)9-17-15(20)14(19)11-7-5-6-8-12(11)16/h5-8,10,13-14,18-19H,3-4,9H2,1-2H3,(H,17,20)/t13?,14-/m1/s1. The Labute approximate surface area is 124 Å². The Hall–Kier alpha value is -1.10. The molecule has 1 aromatic carbocycles. The lowest BCUT2D eigenvalue weighted by atomic mass is 9.96. The Balaban J connectivity index is 2.57. The van der Waals surface area contributed by atoms with E-state index in [-0.39, 0.29) is 12.5 Å². The molecule has 1 unspecified atom stereocenters. The van der Waals surface area contributed by atoms with E-state index in [2.05, 4.69) is 5.32 Å². The first-order chi connectivity index (χ1) is 9.51. The third kappa shape index (κ3) is 4.47. The molecular weight excluding hydrogens is 278 g/mol. The van der Waals surface area contributed by atoms with E-state index in [1.165, 1.54) is 0 Å². The summed E-state index contributed by atoms with van der Waals surface area (Å²) in [5.41, 5.74) is 0.365. The number of carbonyl (C=O) groups is 1.